The van der Waals surface area contributed by atoms with Crippen LogP contribution in [0.25, 0.3) is 22.0 Å². The first kappa shape index (κ1) is 17.7. The quantitative estimate of drug-likeness (QED) is 0.606. The number of benzene rings is 2. The highest BCUT2D eigenvalue weighted by atomic mass is 15.0. The van der Waals surface area contributed by atoms with Gasteiger partial charge in [-0.3, -0.25) is 0 Å². The summed E-state index contributed by atoms with van der Waals surface area (Å²) in [4.78, 5) is 0. The fraction of sp³-hybridized carbons (Fsp3) is 0.375. The summed E-state index contributed by atoms with van der Waals surface area (Å²) in [6.45, 7) is 6.56. The van der Waals surface area contributed by atoms with E-state index in [9.17, 15) is 5.26 Å². The third-order valence-electron chi connectivity index (χ3n) is 6.25. The molecule has 1 fully saturated rings. The Bertz CT molecular complexity index is 1050. The standard InChI is InChI=1S/C24H27N3/c1-15-8-9-19(10-15)27-14-22(20-6-5-7-23(26-4)17(20)3)21-12-18(13-25)16(2)11-24(21)27/h5-7,11-12,14-15,19,26H,8-10H2,1-4H3. The van der Waals surface area contributed by atoms with Crippen LogP contribution in [0, 0.1) is 31.1 Å². The van der Waals surface area contributed by atoms with E-state index < -0.39 is 0 Å². The number of nitrogens with zero attached hydrogens (tertiary/aromatic N) is 2. The zero-order valence-electron chi connectivity index (χ0n) is 16.6. The van der Waals surface area contributed by atoms with E-state index in [2.05, 4.69) is 66.3 Å². The third-order valence-corrected chi connectivity index (χ3v) is 6.25. The van der Waals surface area contributed by atoms with E-state index in [0.717, 1.165) is 22.7 Å². The molecule has 4 rings (SSSR count). The minimum Gasteiger partial charge on any atom is -0.388 e. The Morgan fingerprint density at radius 2 is 1.96 bits per heavy atom. The maximum Gasteiger partial charge on any atom is 0.0994 e. The lowest BCUT2D eigenvalue weighted by Crippen LogP contribution is -2.03. The summed E-state index contributed by atoms with van der Waals surface area (Å²) >= 11 is 0. The van der Waals surface area contributed by atoms with Gasteiger partial charge in [-0.15, -0.1) is 0 Å². The lowest BCUT2D eigenvalue weighted by molar-refractivity contribution is 0.507. The SMILES string of the molecule is CNc1cccc(-c2cn(C3CCC(C)C3)c3cc(C)c(C#N)cc23)c1C. The van der Waals surface area contributed by atoms with Crippen LogP contribution in [0.15, 0.2) is 36.5 Å². The van der Waals surface area contributed by atoms with Gasteiger partial charge in [0.05, 0.1) is 11.6 Å². The fourth-order valence-corrected chi connectivity index (χ4v) is 4.67. The molecule has 1 aliphatic carbocycles. The van der Waals surface area contributed by atoms with Gasteiger partial charge < -0.3 is 9.88 Å². The third kappa shape index (κ3) is 2.90. The number of hydrogen-bond acceptors (Lipinski definition) is 2. The summed E-state index contributed by atoms with van der Waals surface area (Å²) in [6.07, 6.45) is 6.09. The van der Waals surface area contributed by atoms with Crippen LogP contribution in [0.2, 0.25) is 0 Å². The number of anilines is 1. The fourth-order valence-electron chi connectivity index (χ4n) is 4.67. The van der Waals surface area contributed by atoms with E-state index in [1.807, 2.05) is 14.0 Å². The molecule has 1 heterocycles. The molecule has 0 radical (unpaired) electrons. The zero-order valence-corrected chi connectivity index (χ0v) is 16.6. The van der Waals surface area contributed by atoms with Gasteiger partial charge in [0.25, 0.3) is 0 Å². The molecular weight excluding hydrogens is 330 g/mol. The number of aromatic nitrogens is 1. The summed E-state index contributed by atoms with van der Waals surface area (Å²) in [5.74, 6) is 0.782. The maximum absolute atomic E-state index is 9.56. The predicted molar refractivity (Wildman–Crippen MR) is 113 cm³/mol. The van der Waals surface area contributed by atoms with Crippen LogP contribution >= 0.6 is 0 Å². The molecule has 2 unspecified atom stereocenters. The van der Waals surface area contributed by atoms with Gasteiger partial charge in [0.15, 0.2) is 0 Å². The molecule has 0 saturated heterocycles. The maximum atomic E-state index is 9.56. The highest BCUT2D eigenvalue weighted by Gasteiger charge is 2.25. The predicted octanol–water partition coefficient (Wildman–Crippen LogP) is 6.20. The second-order valence-corrected chi connectivity index (χ2v) is 8.05. The first-order valence-electron chi connectivity index (χ1n) is 9.86. The lowest BCUT2D eigenvalue weighted by atomic mass is 9.97. The molecule has 1 aliphatic rings. The number of aryl methyl sites for hydroxylation is 1. The average Bonchev–Trinajstić information content (AvgIpc) is 3.24. The lowest BCUT2D eigenvalue weighted by Gasteiger charge is -2.14. The van der Waals surface area contributed by atoms with E-state index in [1.165, 1.54) is 46.9 Å². The highest BCUT2D eigenvalue weighted by molar-refractivity contribution is 5.99. The second-order valence-electron chi connectivity index (χ2n) is 8.05. The van der Waals surface area contributed by atoms with E-state index in [4.69, 9.17) is 0 Å². The van der Waals surface area contributed by atoms with Gasteiger partial charge >= 0.3 is 0 Å². The molecule has 2 atom stereocenters. The molecule has 0 bridgehead atoms. The van der Waals surface area contributed by atoms with Gasteiger partial charge in [-0.05, 0) is 73.9 Å². The van der Waals surface area contributed by atoms with E-state index >= 15 is 0 Å². The van der Waals surface area contributed by atoms with Gasteiger partial charge in [0.1, 0.15) is 0 Å². The van der Waals surface area contributed by atoms with E-state index in [0.29, 0.717) is 6.04 Å². The molecule has 27 heavy (non-hydrogen) atoms. The summed E-state index contributed by atoms with van der Waals surface area (Å²) in [5.41, 5.74) is 7.95. The normalized spacial score (nSPS) is 19.4. The molecule has 0 amide bonds. The van der Waals surface area contributed by atoms with E-state index in [-0.39, 0.29) is 0 Å². The smallest absolute Gasteiger partial charge is 0.0994 e. The van der Waals surface area contributed by atoms with Crippen LogP contribution in [-0.2, 0) is 0 Å². The Labute approximate surface area is 161 Å². The minimum atomic E-state index is 0.552. The molecule has 3 aromatic rings. The van der Waals surface area contributed by atoms with Crippen molar-refractivity contribution in [1.29, 1.82) is 5.26 Å². The molecule has 0 aliphatic heterocycles. The van der Waals surface area contributed by atoms with Crippen molar-refractivity contribution in [2.75, 3.05) is 12.4 Å². The number of hydrogen-bond donors (Lipinski definition) is 1. The van der Waals surface area contributed by atoms with E-state index in [1.54, 1.807) is 0 Å². The van der Waals surface area contributed by atoms with Crippen molar-refractivity contribution in [3.8, 4) is 17.2 Å². The Kier molecular flexibility index (Phi) is 4.44. The van der Waals surface area contributed by atoms with Gasteiger partial charge in [0, 0.05) is 41.4 Å². The number of fused-ring (bicyclic) bond motifs is 1. The Balaban J connectivity index is 1.99. The van der Waals surface area contributed by atoms with Gasteiger partial charge in [-0.1, -0.05) is 19.1 Å². The molecule has 0 spiro atoms. The molecular formula is C24H27N3. The first-order chi connectivity index (χ1) is 13.0. The largest absolute Gasteiger partial charge is 0.388 e. The molecule has 3 nitrogen and oxygen atoms in total. The number of nitrogens with one attached hydrogen (secondary N) is 1. The Morgan fingerprint density at radius 1 is 1.15 bits per heavy atom. The second kappa shape index (κ2) is 6.78. The Hall–Kier alpha value is -2.73. The molecule has 1 N–H and O–H groups in total. The van der Waals surface area contributed by atoms with Crippen LogP contribution in [-0.4, -0.2) is 11.6 Å². The summed E-state index contributed by atoms with van der Waals surface area (Å²) in [5, 5.41) is 14.0. The van der Waals surface area contributed by atoms with Crippen molar-refractivity contribution < 1.29 is 0 Å². The van der Waals surface area contributed by atoms with Crippen LogP contribution in [0.3, 0.4) is 0 Å². The van der Waals surface area contributed by atoms with Crippen molar-refractivity contribution in [3.05, 3.63) is 53.2 Å². The molecule has 138 valence electrons. The van der Waals surface area contributed by atoms with Crippen molar-refractivity contribution in [2.24, 2.45) is 5.92 Å². The molecule has 2 aromatic carbocycles. The molecule has 3 heteroatoms. The van der Waals surface area contributed by atoms with Gasteiger partial charge in [-0.2, -0.15) is 5.26 Å². The minimum absolute atomic E-state index is 0.552. The molecule has 1 aromatic heterocycles. The number of nitriles is 1. The first-order valence-corrected chi connectivity index (χ1v) is 9.86. The van der Waals surface area contributed by atoms with Gasteiger partial charge in [-0.25, -0.2) is 0 Å². The average molecular weight is 358 g/mol. The van der Waals surface area contributed by atoms with Crippen molar-refractivity contribution in [3.63, 3.8) is 0 Å². The summed E-state index contributed by atoms with van der Waals surface area (Å²) in [7, 11) is 1.96. The topological polar surface area (TPSA) is 40.8 Å². The van der Waals surface area contributed by atoms with Crippen LogP contribution in [0.5, 0.6) is 0 Å². The molecule has 1 saturated carbocycles. The monoisotopic (exact) mass is 357 g/mol. The van der Waals surface area contributed by atoms with Crippen molar-refractivity contribution in [2.45, 2.75) is 46.1 Å². The van der Waals surface area contributed by atoms with Gasteiger partial charge in [0.2, 0.25) is 0 Å². The Morgan fingerprint density at radius 3 is 2.63 bits per heavy atom. The van der Waals surface area contributed by atoms with Crippen LogP contribution < -0.4 is 5.32 Å². The van der Waals surface area contributed by atoms with Crippen LogP contribution in [0.4, 0.5) is 5.69 Å². The number of rotatable bonds is 3. The zero-order chi connectivity index (χ0) is 19.1. The van der Waals surface area contributed by atoms with Crippen LogP contribution in [0.1, 0.15) is 48.9 Å². The van der Waals surface area contributed by atoms with Crippen molar-refractivity contribution >= 4 is 16.6 Å². The summed E-state index contributed by atoms with van der Waals surface area (Å²) < 4.78 is 2.48. The highest BCUT2D eigenvalue weighted by Crippen LogP contribution is 2.41. The van der Waals surface area contributed by atoms with Crippen molar-refractivity contribution in [1.82, 2.24) is 4.57 Å². The summed E-state index contributed by atoms with van der Waals surface area (Å²) in [6, 6.07) is 13.6.